The van der Waals surface area contributed by atoms with Crippen molar-refractivity contribution in [3.8, 4) is 5.75 Å². The fourth-order valence-electron chi connectivity index (χ4n) is 1.90. The first-order chi connectivity index (χ1) is 11.3. The topological polar surface area (TPSA) is 99.3 Å². The molecule has 0 unspecified atom stereocenters. The molecule has 1 aromatic heterocycles. The highest BCUT2D eigenvalue weighted by Gasteiger charge is 2.19. The second kappa shape index (κ2) is 7.21. The van der Waals surface area contributed by atoms with Crippen LogP contribution in [0.4, 0.5) is 20.3 Å². The molecule has 1 N–H and O–H groups in total. The minimum Gasteiger partial charge on any atom is -0.433 e. The van der Waals surface area contributed by atoms with Crippen LogP contribution < -0.4 is 10.1 Å². The molecule has 2 rings (SSSR count). The maximum atomic E-state index is 12.1. The average Bonchev–Trinajstić information content (AvgIpc) is 2.82. The molecule has 0 atom stereocenters. The Morgan fingerprint density at radius 2 is 2.21 bits per heavy atom. The maximum absolute atomic E-state index is 12.1. The van der Waals surface area contributed by atoms with Gasteiger partial charge in [0.05, 0.1) is 16.8 Å². The summed E-state index contributed by atoms with van der Waals surface area (Å²) in [5.41, 5.74) is 0.615. The smallest absolute Gasteiger partial charge is 0.387 e. The van der Waals surface area contributed by atoms with Crippen LogP contribution in [0.2, 0.25) is 5.02 Å². The van der Waals surface area contributed by atoms with E-state index in [0.717, 1.165) is 4.68 Å². The van der Waals surface area contributed by atoms with Gasteiger partial charge in [-0.25, -0.2) is 0 Å². The number of nitro groups is 1. The van der Waals surface area contributed by atoms with Gasteiger partial charge in [-0.05, 0) is 30.0 Å². The van der Waals surface area contributed by atoms with Gasteiger partial charge in [0.1, 0.15) is 5.75 Å². The van der Waals surface area contributed by atoms with Crippen LogP contribution in [-0.4, -0.2) is 27.2 Å². The first-order valence-corrected chi connectivity index (χ1v) is 6.87. The zero-order valence-corrected chi connectivity index (χ0v) is 13.0. The van der Waals surface area contributed by atoms with Gasteiger partial charge in [-0.3, -0.25) is 4.79 Å². The Kier molecular flexibility index (Phi) is 5.29. The predicted molar refractivity (Wildman–Crippen MR) is 80.3 cm³/mol. The van der Waals surface area contributed by atoms with Gasteiger partial charge in [0.2, 0.25) is 0 Å². The van der Waals surface area contributed by atoms with Crippen molar-refractivity contribution in [3.63, 3.8) is 0 Å². The first kappa shape index (κ1) is 17.6. The molecule has 11 heteroatoms. The third kappa shape index (κ3) is 4.38. The number of carbonyl (C=O) groups excluding carboxylic acids is 1. The van der Waals surface area contributed by atoms with Crippen LogP contribution in [0.15, 0.2) is 24.3 Å². The molecule has 0 saturated heterocycles. The Bertz CT molecular complexity index is 781. The van der Waals surface area contributed by atoms with Gasteiger partial charge in [-0.1, -0.05) is 16.7 Å². The molecule has 128 valence electrons. The molecule has 0 aliphatic heterocycles. The minimum absolute atomic E-state index is 0.117. The number of anilines is 1. The van der Waals surface area contributed by atoms with Crippen molar-refractivity contribution < 1.29 is 23.2 Å². The van der Waals surface area contributed by atoms with Gasteiger partial charge in [-0.15, -0.1) is 4.68 Å². The summed E-state index contributed by atoms with van der Waals surface area (Å²) in [5.74, 6) is -1.15. The van der Waals surface area contributed by atoms with E-state index >= 15 is 0 Å². The van der Waals surface area contributed by atoms with Crippen molar-refractivity contribution >= 4 is 29.0 Å². The molecular formula is C13H11ClF2N4O4. The molecule has 1 heterocycles. The van der Waals surface area contributed by atoms with Crippen molar-refractivity contribution in [2.75, 3.05) is 5.32 Å². The molecule has 0 saturated carbocycles. The van der Waals surface area contributed by atoms with Crippen LogP contribution in [0.25, 0.3) is 0 Å². The van der Waals surface area contributed by atoms with E-state index < -0.39 is 24.0 Å². The number of carbonyl (C=O) groups is 1. The third-order valence-corrected chi connectivity index (χ3v) is 3.09. The summed E-state index contributed by atoms with van der Waals surface area (Å²) in [4.78, 5) is 22.2. The summed E-state index contributed by atoms with van der Waals surface area (Å²) in [6, 6.07) is 4.94. The van der Waals surface area contributed by atoms with Crippen molar-refractivity contribution in [3.05, 3.63) is 45.1 Å². The quantitative estimate of drug-likeness (QED) is 0.630. The van der Waals surface area contributed by atoms with E-state index in [1.165, 1.54) is 24.3 Å². The number of hydrogen-bond donors (Lipinski definition) is 1. The fraction of sp³-hybridized carbons (Fsp3) is 0.231. The number of ether oxygens (including phenoxy) is 1. The molecule has 8 nitrogen and oxygen atoms in total. The summed E-state index contributed by atoms with van der Waals surface area (Å²) < 4.78 is 29.4. The van der Waals surface area contributed by atoms with E-state index in [1.54, 1.807) is 6.92 Å². The monoisotopic (exact) mass is 360 g/mol. The molecule has 0 bridgehead atoms. The van der Waals surface area contributed by atoms with E-state index in [4.69, 9.17) is 11.6 Å². The van der Waals surface area contributed by atoms with Crippen molar-refractivity contribution in [2.45, 2.75) is 20.1 Å². The molecule has 0 radical (unpaired) electrons. The Balaban J connectivity index is 2.08. The Hall–Kier alpha value is -2.75. The molecule has 2 aromatic rings. The number of nitrogens with zero attached hydrogens (tertiary/aromatic N) is 3. The largest absolute Gasteiger partial charge is 0.433 e. The van der Waals surface area contributed by atoms with Crippen LogP contribution in [0.1, 0.15) is 5.69 Å². The molecule has 24 heavy (non-hydrogen) atoms. The minimum atomic E-state index is -3.02. The van der Waals surface area contributed by atoms with Gasteiger partial charge >= 0.3 is 12.4 Å². The number of aryl methyl sites for hydroxylation is 1. The second-order valence-corrected chi connectivity index (χ2v) is 5.04. The Morgan fingerprint density at radius 1 is 1.50 bits per heavy atom. The number of alkyl halides is 2. The van der Waals surface area contributed by atoms with Gasteiger partial charge in [-0.2, -0.15) is 8.78 Å². The number of hydrogen-bond acceptors (Lipinski definition) is 5. The van der Waals surface area contributed by atoms with Crippen LogP contribution >= 0.6 is 11.6 Å². The van der Waals surface area contributed by atoms with E-state index in [2.05, 4.69) is 15.2 Å². The predicted octanol–water partition coefficient (Wildman–Crippen LogP) is 2.99. The maximum Gasteiger partial charge on any atom is 0.387 e. The zero-order valence-electron chi connectivity index (χ0n) is 12.2. The lowest BCUT2D eigenvalue weighted by atomic mass is 10.3. The number of halogens is 3. The standard InChI is InChI=1S/C13H11ClF2N4O4/c1-7-4-12(20(22)23)19(18-7)6-11(21)17-8-2-3-10(9(14)5-8)24-13(15)16/h2-5,13H,6H2,1H3,(H,17,21). The highest BCUT2D eigenvalue weighted by Crippen LogP contribution is 2.29. The van der Waals surface area contributed by atoms with E-state index in [0.29, 0.717) is 5.69 Å². The molecule has 0 fully saturated rings. The van der Waals surface area contributed by atoms with E-state index in [-0.39, 0.29) is 22.3 Å². The lowest BCUT2D eigenvalue weighted by Crippen LogP contribution is -2.20. The van der Waals surface area contributed by atoms with Crippen molar-refractivity contribution in [1.29, 1.82) is 0 Å². The normalized spacial score (nSPS) is 10.7. The third-order valence-electron chi connectivity index (χ3n) is 2.79. The van der Waals surface area contributed by atoms with Crippen molar-refractivity contribution in [2.24, 2.45) is 0 Å². The first-order valence-electron chi connectivity index (χ1n) is 6.49. The highest BCUT2D eigenvalue weighted by molar-refractivity contribution is 6.32. The van der Waals surface area contributed by atoms with Crippen molar-refractivity contribution in [1.82, 2.24) is 9.78 Å². The summed E-state index contributed by atoms with van der Waals surface area (Å²) in [5, 5.41) is 17.0. The molecular weight excluding hydrogens is 350 g/mol. The fourth-order valence-corrected chi connectivity index (χ4v) is 2.13. The second-order valence-electron chi connectivity index (χ2n) is 4.63. The SMILES string of the molecule is Cc1cc([N+](=O)[O-])n(CC(=O)Nc2ccc(OC(F)F)c(Cl)c2)n1. The van der Waals surface area contributed by atoms with Gasteiger partial charge in [0.25, 0.3) is 5.91 Å². The lowest BCUT2D eigenvalue weighted by Gasteiger charge is -2.09. The summed E-state index contributed by atoms with van der Waals surface area (Å²) in [6.45, 7) is -1.86. The van der Waals surface area contributed by atoms with E-state index in [9.17, 15) is 23.7 Å². The number of aromatic nitrogens is 2. The van der Waals surface area contributed by atoms with Gasteiger partial charge in [0.15, 0.2) is 6.54 Å². The molecule has 1 aromatic carbocycles. The number of amides is 1. The molecule has 0 spiro atoms. The summed E-state index contributed by atoms with van der Waals surface area (Å²) in [7, 11) is 0. The molecule has 1 amide bonds. The van der Waals surface area contributed by atoms with Crippen LogP contribution in [-0.2, 0) is 11.3 Å². The Labute approximate surface area is 139 Å². The highest BCUT2D eigenvalue weighted by atomic mass is 35.5. The zero-order chi connectivity index (χ0) is 17.9. The van der Waals surface area contributed by atoms with E-state index in [1.807, 2.05) is 0 Å². The van der Waals surface area contributed by atoms with Crippen LogP contribution in [0.3, 0.4) is 0 Å². The van der Waals surface area contributed by atoms with Crippen LogP contribution in [0, 0.1) is 17.0 Å². The molecule has 0 aliphatic carbocycles. The average molecular weight is 361 g/mol. The van der Waals surface area contributed by atoms with Gasteiger partial charge in [0, 0.05) is 5.69 Å². The Morgan fingerprint density at radius 3 is 2.79 bits per heavy atom. The van der Waals surface area contributed by atoms with Crippen LogP contribution in [0.5, 0.6) is 5.75 Å². The lowest BCUT2D eigenvalue weighted by molar-refractivity contribution is -0.392. The number of nitrogens with one attached hydrogen (secondary N) is 1. The summed E-state index contributed by atoms with van der Waals surface area (Å²) >= 11 is 5.77. The number of benzene rings is 1. The molecule has 0 aliphatic rings. The number of rotatable bonds is 6. The summed E-state index contributed by atoms with van der Waals surface area (Å²) in [6.07, 6.45) is 0. The van der Waals surface area contributed by atoms with Gasteiger partial charge < -0.3 is 20.2 Å².